The molecule has 0 unspecified atom stereocenters. The van der Waals surface area contributed by atoms with Crippen LogP contribution in [0.4, 0.5) is 11.4 Å². The van der Waals surface area contributed by atoms with E-state index in [1.54, 1.807) is 11.0 Å². The van der Waals surface area contributed by atoms with Gasteiger partial charge in [-0.25, -0.2) is 4.99 Å². The van der Waals surface area contributed by atoms with Gasteiger partial charge in [0.15, 0.2) is 5.17 Å². The summed E-state index contributed by atoms with van der Waals surface area (Å²) in [6.07, 6.45) is 3.54. The SMILES string of the molecule is C=CCOc1ccc(Br)cc1C=C1SC(=Nc2ccccc2)N(c2ccccc2)C1=O. The van der Waals surface area contributed by atoms with Crippen LogP contribution in [0.2, 0.25) is 0 Å². The minimum Gasteiger partial charge on any atom is -0.489 e. The molecule has 0 atom stereocenters. The first kappa shape index (κ1) is 21.2. The van der Waals surface area contributed by atoms with E-state index in [0.717, 1.165) is 21.4 Å². The molecule has 1 amide bonds. The number of amidine groups is 1. The maximum Gasteiger partial charge on any atom is 0.271 e. The van der Waals surface area contributed by atoms with E-state index in [0.29, 0.717) is 22.4 Å². The Morgan fingerprint density at radius 1 is 1.03 bits per heavy atom. The second-order valence-electron chi connectivity index (χ2n) is 6.60. The summed E-state index contributed by atoms with van der Waals surface area (Å²) in [5.41, 5.74) is 2.37. The van der Waals surface area contributed by atoms with Crippen molar-refractivity contribution in [1.82, 2.24) is 0 Å². The highest BCUT2D eigenvalue weighted by Crippen LogP contribution is 2.38. The molecule has 0 N–H and O–H groups in total. The lowest BCUT2D eigenvalue weighted by molar-refractivity contribution is -0.113. The number of benzene rings is 3. The number of hydrogen-bond acceptors (Lipinski definition) is 4. The highest BCUT2D eigenvalue weighted by Gasteiger charge is 2.34. The highest BCUT2D eigenvalue weighted by molar-refractivity contribution is 9.10. The number of carbonyl (C=O) groups excluding carboxylic acids is 1. The predicted molar refractivity (Wildman–Crippen MR) is 133 cm³/mol. The van der Waals surface area contributed by atoms with Gasteiger partial charge in [0.25, 0.3) is 5.91 Å². The highest BCUT2D eigenvalue weighted by atomic mass is 79.9. The molecule has 3 aromatic rings. The van der Waals surface area contributed by atoms with Gasteiger partial charge in [0.05, 0.1) is 16.3 Å². The number of aliphatic imine (C=N–C) groups is 1. The van der Waals surface area contributed by atoms with Crippen LogP contribution in [0.5, 0.6) is 5.75 Å². The summed E-state index contributed by atoms with van der Waals surface area (Å²) >= 11 is 4.85. The normalized spacial score (nSPS) is 16.2. The van der Waals surface area contributed by atoms with E-state index < -0.39 is 0 Å². The standard InChI is InChI=1S/C25H19BrN2O2S/c1-2-15-30-22-14-13-19(26)16-18(22)17-23-24(29)28(21-11-7-4-8-12-21)25(31-23)27-20-9-5-3-6-10-20/h2-14,16-17H,1,15H2. The maximum absolute atomic E-state index is 13.4. The van der Waals surface area contributed by atoms with Gasteiger partial charge in [0.2, 0.25) is 0 Å². The van der Waals surface area contributed by atoms with E-state index in [2.05, 4.69) is 22.5 Å². The zero-order chi connectivity index (χ0) is 21.6. The molecule has 4 rings (SSSR count). The van der Waals surface area contributed by atoms with Crippen LogP contribution in [0.25, 0.3) is 6.08 Å². The molecule has 0 aromatic heterocycles. The molecule has 0 radical (unpaired) electrons. The molecule has 4 nitrogen and oxygen atoms in total. The Morgan fingerprint density at radius 2 is 1.74 bits per heavy atom. The number of carbonyl (C=O) groups is 1. The number of rotatable bonds is 6. The molecule has 1 fully saturated rings. The van der Waals surface area contributed by atoms with Crippen molar-refractivity contribution in [2.45, 2.75) is 0 Å². The molecule has 0 spiro atoms. The number of thioether (sulfide) groups is 1. The van der Waals surface area contributed by atoms with Crippen LogP contribution in [0.15, 0.2) is 106 Å². The maximum atomic E-state index is 13.4. The Bertz CT molecular complexity index is 1160. The van der Waals surface area contributed by atoms with Crippen molar-refractivity contribution >= 4 is 56.2 Å². The molecule has 1 aliphatic rings. The molecule has 1 aliphatic heterocycles. The van der Waals surface area contributed by atoms with Crippen molar-refractivity contribution < 1.29 is 9.53 Å². The van der Waals surface area contributed by atoms with Gasteiger partial charge in [-0.05, 0) is 60.3 Å². The Morgan fingerprint density at radius 3 is 2.45 bits per heavy atom. The van der Waals surface area contributed by atoms with Crippen LogP contribution in [0, 0.1) is 0 Å². The van der Waals surface area contributed by atoms with Crippen LogP contribution in [0.1, 0.15) is 5.56 Å². The third-order valence-corrected chi connectivity index (χ3v) is 5.88. The van der Waals surface area contributed by atoms with Gasteiger partial charge in [-0.3, -0.25) is 9.69 Å². The smallest absolute Gasteiger partial charge is 0.271 e. The van der Waals surface area contributed by atoms with Crippen molar-refractivity contribution in [3.63, 3.8) is 0 Å². The molecule has 1 saturated heterocycles. The van der Waals surface area contributed by atoms with Gasteiger partial charge in [-0.15, -0.1) is 0 Å². The molecule has 6 heteroatoms. The van der Waals surface area contributed by atoms with E-state index in [9.17, 15) is 4.79 Å². The van der Waals surface area contributed by atoms with E-state index in [-0.39, 0.29) is 5.91 Å². The molecule has 3 aromatic carbocycles. The second-order valence-corrected chi connectivity index (χ2v) is 8.52. The number of para-hydroxylation sites is 2. The van der Waals surface area contributed by atoms with E-state index in [4.69, 9.17) is 9.73 Å². The molecule has 31 heavy (non-hydrogen) atoms. The molecular weight excluding hydrogens is 472 g/mol. The van der Waals surface area contributed by atoms with Gasteiger partial charge >= 0.3 is 0 Å². The van der Waals surface area contributed by atoms with Crippen molar-refractivity contribution in [3.05, 3.63) is 106 Å². The van der Waals surface area contributed by atoms with Crippen LogP contribution < -0.4 is 9.64 Å². The van der Waals surface area contributed by atoms with Crippen LogP contribution in [-0.4, -0.2) is 17.7 Å². The molecule has 1 heterocycles. The Hall–Kier alpha value is -3.09. The first-order valence-electron chi connectivity index (χ1n) is 9.62. The van der Waals surface area contributed by atoms with Crippen molar-refractivity contribution in [3.8, 4) is 5.75 Å². The molecule has 0 saturated carbocycles. The zero-order valence-electron chi connectivity index (χ0n) is 16.6. The first-order chi connectivity index (χ1) is 15.2. The van der Waals surface area contributed by atoms with Crippen LogP contribution >= 0.6 is 27.7 Å². The van der Waals surface area contributed by atoms with Gasteiger partial charge in [0.1, 0.15) is 12.4 Å². The molecule has 0 bridgehead atoms. The lowest BCUT2D eigenvalue weighted by Crippen LogP contribution is -2.28. The Balaban J connectivity index is 1.77. The Kier molecular flexibility index (Phi) is 6.70. The fraction of sp³-hybridized carbons (Fsp3) is 0.0400. The largest absolute Gasteiger partial charge is 0.489 e. The molecular formula is C25H19BrN2O2S. The summed E-state index contributed by atoms with van der Waals surface area (Å²) in [6, 6.07) is 24.9. The summed E-state index contributed by atoms with van der Waals surface area (Å²) in [4.78, 5) is 20.4. The summed E-state index contributed by atoms with van der Waals surface area (Å²) < 4.78 is 6.67. The van der Waals surface area contributed by atoms with Crippen LogP contribution in [0.3, 0.4) is 0 Å². The minimum absolute atomic E-state index is 0.125. The first-order valence-corrected chi connectivity index (χ1v) is 11.2. The average Bonchev–Trinajstić information content (AvgIpc) is 3.09. The number of ether oxygens (including phenoxy) is 1. The molecule has 154 valence electrons. The lowest BCUT2D eigenvalue weighted by atomic mass is 10.2. The van der Waals surface area contributed by atoms with Gasteiger partial charge < -0.3 is 4.74 Å². The summed E-state index contributed by atoms with van der Waals surface area (Å²) in [6.45, 7) is 4.09. The fourth-order valence-electron chi connectivity index (χ4n) is 3.02. The monoisotopic (exact) mass is 490 g/mol. The number of hydrogen-bond donors (Lipinski definition) is 0. The third-order valence-electron chi connectivity index (χ3n) is 4.42. The minimum atomic E-state index is -0.125. The number of halogens is 1. The van der Waals surface area contributed by atoms with Gasteiger partial charge in [-0.1, -0.05) is 65.0 Å². The fourth-order valence-corrected chi connectivity index (χ4v) is 4.39. The van der Waals surface area contributed by atoms with E-state index in [1.807, 2.05) is 84.9 Å². The predicted octanol–water partition coefficient (Wildman–Crippen LogP) is 6.82. The zero-order valence-corrected chi connectivity index (χ0v) is 19.0. The van der Waals surface area contributed by atoms with E-state index in [1.165, 1.54) is 11.8 Å². The summed E-state index contributed by atoms with van der Waals surface area (Å²) in [5, 5.41) is 0.609. The lowest BCUT2D eigenvalue weighted by Gasteiger charge is -2.15. The third kappa shape index (κ3) is 4.98. The summed E-state index contributed by atoms with van der Waals surface area (Å²) in [7, 11) is 0. The molecule has 0 aliphatic carbocycles. The van der Waals surface area contributed by atoms with Gasteiger partial charge in [0, 0.05) is 10.0 Å². The topological polar surface area (TPSA) is 41.9 Å². The van der Waals surface area contributed by atoms with Crippen LogP contribution in [-0.2, 0) is 4.79 Å². The number of amides is 1. The van der Waals surface area contributed by atoms with Crippen molar-refractivity contribution in [2.75, 3.05) is 11.5 Å². The second kappa shape index (κ2) is 9.81. The quantitative estimate of drug-likeness (QED) is 0.281. The average molecular weight is 491 g/mol. The van der Waals surface area contributed by atoms with Gasteiger partial charge in [-0.2, -0.15) is 0 Å². The summed E-state index contributed by atoms with van der Waals surface area (Å²) in [5.74, 6) is 0.559. The van der Waals surface area contributed by atoms with Crippen molar-refractivity contribution in [2.24, 2.45) is 4.99 Å². The Labute approximate surface area is 194 Å². The van der Waals surface area contributed by atoms with Crippen molar-refractivity contribution in [1.29, 1.82) is 0 Å². The number of anilines is 1. The number of nitrogens with zero attached hydrogens (tertiary/aromatic N) is 2. The van der Waals surface area contributed by atoms with E-state index >= 15 is 0 Å².